The molecule has 1 aromatic carbocycles. The van der Waals surface area contributed by atoms with E-state index >= 15 is 0 Å². The van der Waals surface area contributed by atoms with Gasteiger partial charge in [0.15, 0.2) is 0 Å². The van der Waals surface area contributed by atoms with Crippen LogP contribution in [0.2, 0.25) is 0 Å². The number of hydrogen-bond donors (Lipinski definition) is 1. The van der Waals surface area contributed by atoms with E-state index in [1.165, 1.54) is 5.56 Å². The van der Waals surface area contributed by atoms with E-state index in [1.807, 2.05) is 37.3 Å². The van der Waals surface area contributed by atoms with E-state index < -0.39 is 0 Å². The third kappa shape index (κ3) is 4.81. The van der Waals surface area contributed by atoms with E-state index in [4.69, 9.17) is 9.47 Å². The highest BCUT2D eigenvalue weighted by Gasteiger charge is 2.05. The van der Waals surface area contributed by atoms with Crippen molar-refractivity contribution in [2.75, 3.05) is 20.3 Å². The second-order valence-electron chi connectivity index (χ2n) is 4.61. The zero-order valence-electron chi connectivity index (χ0n) is 12.2. The number of halogens is 1. The normalized spacial score (nSPS) is 10.6. The number of nitrogens with one attached hydrogen (secondary N) is 1. The van der Waals surface area contributed by atoms with Crippen LogP contribution in [0, 0.1) is 6.92 Å². The minimum absolute atomic E-state index is 0.707. The van der Waals surface area contributed by atoms with Gasteiger partial charge in [-0.15, -0.1) is 0 Å². The lowest BCUT2D eigenvalue weighted by Crippen LogP contribution is -2.18. The van der Waals surface area contributed by atoms with Gasteiger partial charge in [0.1, 0.15) is 11.5 Å². The molecule has 1 heterocycles. The largest absolute Gasteiger partial charge is 0.455 e. The summed E-state index contributed by atoms with van der Waals surface area (Å²) in [5, 5.41) is 3.32. The summed E-state index contributed by atoms with van der Waals surface area (Å²) in [4.78, 5) is 4.21. The topological polar surface area (TPSA) is 43.4 Å². The molecule has 4 nitrogen and oxygen atoms in total. The van der Waals surface area contributed by atoms with Crippen molar-refractivity contribution in [3.8, 4) is 11.5 Å². The molecule has 0 saturated carbocycles. The lowest BCUT2D eigenvalue weighted by molar-refractivity contribution is 0.199. The number of ether oxygens (including phenoxy) is 2. The third-order valence-corrected chi connectivity index (χ3v) is 3.75. The maximum Gasteiger partial charge on any atom is 0.148 e. The van der Waals surface area contributed by atoms with Gasteiger partial charge in [-0.25, -0.2) is 0 Å². The number of aryl methyl sites for hydroxylation is 1. The second kappa shape index (κ2) is 8.12. The number of nitrogens with zero attached hydrogens (tertiary/aromatic N) is 1. The molecule has 0 saturated heterocycles. The van der Waals surface area contributed by atoms with Crippen LogP contribution in [0.3, 0.4) is 0 Å². The average molecular weight is 351 g/mol. The molecule has 2 rings (SSSR count). The Morgan fingerprint density at radius 3 is 2.86 bits per heavy atom. The van der Waals surface area contributed by atoms with Gasteiger partial charge in [0.05, 0.1) is 12.3 Å². The number of hydrogen-bond acceptors (Lipinski definition) is 4. The second-order valence-corrected chi connectivity index (χ2v) is 5.47. The van der Waals surface area contributed by atoms with E-state index in [0.717, 1.165) is 34.8 Å². The first-order valence-electron chi connectivity index (χ1n) is 6.78. The molecule has 0 atom stereocenters. The van der Waals surface area contributed by atoms with Gasteiger partial charge in [0.2, 0.25) is 0 Å². The summed E-state index contributed by atoms with van der Waals surface area (Å²) in [6, 6.07) is 9.76. The molecule has 0 aliphatic rings. The van der Waals surface area contributed by atoms with Crippen molar-refractivity contribution in [2.24, 2.45) is 0 Å². The van der Waals surface area contributed by atoms with Gasteiger partial charge in [-0.1, -0.05) is 22.0 Å². The monoisotopic (exact) mass is 350 g/mol. The molecule has 2 aromatic rings. The summed E-state index contributed by atoms with van der Waals surface area (Å²) >= 11 is 3.58. The van der Waals surface area contributed by atoms with Crippen LogP contribution < -0.4 is 10.1 Å². The van der Waals surface area contributed by atoms with Crippen molar-refractivity contribution >= 4 is 15.9 Å². The molecule has 0 radical (unpaired) electrons. The molecular weight excluding hydrogens is 332 g/mol. The molecule has 0 fully saturated rings. The van der Waals surface area contributed by atoms with Crippen molar-refractivity contribution < 1.29 is 9.47 Å². The van der Waals surface area contributed by atoms with Gasteiger partial charge in [0, 0.05) is 30.9 Å². The van der Waals surface area contributed by atoms with Crippen LogP contribution in [-0.2, 0) is 11.3 Å². The molecule has 5 heteroatoms. The highest BCUT2D eigenvalue weighted by molar-refractivity contribution is 9.10. The Hall–Kier alpha value is -1.43. The Morgan fingerprint density at radius 2 is 2.14 bits per heavy atom. The minimum Gasteiger partial charge on any atom is -0.455 e. The zero-order chi connectivity index (χ0) is 15.1. The lowest BCUT2D eigenvalue weighted by Gasteiger charge is -2.11. The Bertz CT molecular complexity index is 590. The Kier molecular flexibility index (Phi) is 6.17. The highest BCUT2D eigenvalue weighted by Crippen LogP contribution is 2.28. The van der Waals surface area contributed by atoms with Crippen LogP contribution in [0.4, 0.5) is 0 Å². The first kappa shape index (κ1) is 15.9. The number of aromatic nitrogens is 1. The molecule has 0 aliphatic heterocycles. The van der Waals surface area contributed by atoms with Crippen molar-refractivity contribution in [1.82, 2.24) is 10.3 Å². The van der Waals surface area contributed by atoms with Crippen LogP contribution in [0.15, 0.2) is 41.0 Å². The average Bonchev–Trinajstić information content (AvgIpc) is 2.48. The van der Waals surface area contributed by atoms with Gasteiger partial charge >= 0.3 is 0 Å². The number of benzene rings is 1. The van der Waals surface area contributed by atoms with E-state index in [2.05, 4.69) is 26.2 Å². The molecule has 0 spiro atoms. The molecule has 1 aromatic heterocycles. The molecular formula is C16H19BrN2O2. The SMILES string of the molecule is COCCNCc1ccc(Oc2cccnc2C)cc1Br. The Balaban J connectivity index is 2.00. The molecule has 0 aliphatic carbocycles. The molecule has 21 heavy (non-hydrogen) atoms. The summed E-state index contributed by atoms with van der Waals surface area (Å²) in [6.45, 7) is 4.25. The number of pyridine rings is 1. The predicted molar refractivity (Wildman–Crippen MR) is 86.8 cm³/mol. The van der Waals surface area contributed by atoms with Gasteiger partial charge in [-0.3, -0.25) is 4.98 Å². The standard InChI is InChI=1S/C16H19BrN2O2/c1-12-16(4-3-7-19-12)21-14-6-5-13(15(17)10-14)11-18-8-9-20-2/h3-7,10,18H,8-9,11H2,1-2H3. The van der Waals surface area contributed by atoms with E-state index in [0.29, 0.717) is 6.61 Å². The molecule has 0 amide bonds. The van der Waals surface area contributed by atoms with Gasteiger partial charge in [-0.2, -0.15) is 0 Å². The van der Waals surface area contributed by atoms with Crippen molar-refractivity contribution in [3.63, 3.8) is 0 Å². The zero-order valence-corrected chi connectivity index (χ0v) is 13.8. The van der Waals surface area contributed by atoms with Crippen LogP contribution >= 0.6 is 15.9 Å². The first-order chi connectivity index (χ1) is 10.2. The fraction of sp³-hybridized carbons (Fsp3) is 0.312. The quantitative estimate of drug-likeness (QED) is 0.773. The van der Waals surface area contributed by atoms with Crippen molar-refractivity contribution in [3.05, 3.63) is 52.3 Å². The maximum atomic E-state index is 5.86. The number of rotatable bonds is 7. The Morgan fingerprint density at radius 1 is 1.29 bits per heavy atom. The van der Waals surface area contributed by atoms with Crippen LogP contribution in [0.5, 0.6) is 11.5 Å². The Labute approximate surface area is 133 Å². The molecule has 112 valence electrons. The molecule has 0 unspecified atom stereocenters. The molecule has 1 N–H and O–H groups in total. The highest BCUT2D eigenvalue weighted by atomic mass is 79.9. The fourth-order valence-corrected chi connectivity index (χ4v) is 2.33. The van der Waals surface area contributed by atoms with E-state index in [-0.39, 0.29) is 0 Å². The lowest BCUT2D eigenvalue weighted by atomic mass is 10.2. The third-order valence-electron chi connectivity index (χ3n) is 3.01. The van der Waals surface area contributed by atoms with Gasteiger partial charge in [0.25, 0.3) is 0 Å². The smallest absolute Gasteiger partial charge is 0.148 e. The number of methoxy groups -OCH3 is 1. The first-order valence-corrected chi connectivity index (χ1v) is 7.57. The summed E-state index contributed by atoms with van der Waals surface area (Å²) < 4.78 is 11.9. The summed E-state index contributed by atoms with van der Waals surface area (Å²) in [5.74, 6) is 1.56. The van der Waals surface area contributed by atoms with E-state index in [9.17, 15) is 0 Å². The van der Waals surface area contributed by atoms with E-state index in [1.54, 1.807) is 13.3 Å². The summed E-state index contributed by atoms with van der Waals surface area (Å²) in [7, 11) is 1.70. The van der Waals surface area contributed by atoms with Crippen molar-refractivity contribution in [2.45, 2.75) is 13.5 Å². The minimum atomic E-state index is 0.707. The molecule has 0 bridgehead atoms. The van der Waals surface area contributed by atoms with Crippen LogP contribution in [0.1, 0.15) is 11.3 Å². The fourth-order valence-electron chi connectivity index (χ4n) is 1.84. The maximum absolute atomic E-state index is 5.86. The van der Waals surface area contributed by atoms with Crippen molar-refractivity contribution in [1.29, 1.82) is 0 Å². The van der Waals surface area contributed by atoms with Gasteiger partial charge in [-0.05, 0) is 36.8 Å². The summed E-state index contributed by atoms with van der Waals surface area (Å²) in [6.07, 6.45) is 1.76. The van der Waals surface area contributed by atoms with Gasteiger partial charge < -0.3 is 14.8 Å². The summed E-state index contributed by atoms with van der Waals surface area (Å²) in [5.41, 5.74) is 2.06. The van der Waals surface area contributed by atoms with Crippen LogP contribution in [-0.4, -0.2) is 25.2 Å². The van der Waals surface area contributed by atoms with Crippen LogP contribution in [0.25, 0.3) is 0 Å². The predicted octanol–water partition coefficient (Wildman–Crippen LogP) is 3.68.